The van der Waals surface area contributed by atoms with E-state index >= 15 is 0 Å². The van der Waals surface area contributed by atoms with Gasteiger partial charge >= 0.3 is 0 Å². The first-order chi connectivity index (χ1) is 13.0. The van der Waals surface area contributed by atoms with Crippen molar-refractivity contribution in [3.63, 3.8) is 0 Å². The van der Waals surface area contributed by atoms with E-state index in [1.165, 1.54) is 29.4 Å². The largest absolute Gasteiger partial charge is 0.484 e. The van der Waals surface area contributed by atoms with Crippen LogP contribution >= 0.6 is 0 Å². The van der Waals surface area contributed by atoms with Gasteiger partial charge in [0.15, 0.2) is 0 Å². The highest BCUT2D eigenvalue weighted by atomic mass is 32.2. The van der Waals surface area contributed by atoms with Crippen molar-refractivity contribution < 1.29 is 22.3 Å². The van der Waals surface area contributed by atoms with Crippen molar-refractivity contribution in [3.05, 3.63) is 48.3 Å². The Labute approximate surface area is 163 Å². The molecule has 0 spiro atoms. The summed E-state index contributed by atoms with van der Waals surface area (Å²) in [6.07, 6.45) is -0.664. The van der Waals surface area contributed by atoms with Gasteiger partial charge in [-0.15, -0.1) is 0 Å². The summed E-state index contributed by atoms with van der Waals surface area (Å²) in [5.41, 5.74) is 5.67. The number of nitrogens with zero attached hydrogens (tertiary/aromatic N) is 1. The lowest BCUT2D eigenvalue weighted by molar-refractivity contribution is -0.121. The van der Waals surface area contributed by atoms with Crippen LogP contribution in [0, 0.1) is 5.82 Å². The smallest absolute Gasteiger partial charge is 0.264 e. The molecule has 0 radical (unpaired) electrons. The number of benzene rings is 2. The minimum atomic E-state index is -4.01. The standard InChI is InChI=1S/C19H22FN3O4S/c1-12(24)22-19(2,3)18-11-23(16-10-14(21)6-9-17(16)27-18)28(25,26)15-7-4-13(20)5-8-15/h4-10,18H,11,21H2,1-3H3,(H,22,24)/t18-/m1/s1. The molecule has 28 heavy (non-hydrogen) atoms. The van der Waals surface area contributed by atoms with Crippen molar-refractivity contribution in [2.45, 2.75) is 37.3 Å². The molecule has 0 aliphatic carbocycles. The second-order valence-corrected chi connectivity index (χ2v) is 9.09. The molecule has 3 rings (SSSR count). The van der Waals surface area contributed by atoms with Crippen molar-refractivity contribution in [1.82, 2.24) is 5.32 Å². The first-order valence-corrected chi connectivity index (χ1v) is 10.1. The summed E-state index contributed by atoms with van der Waals surface area (Å²) in [7, 11) is -4.01. The predicted molar refractivity (Wildman–Crippen MR) is 104 cm³/mol. The summed E-state index contributed by atoms with van der Waals surface area (Å²) in [6, 6.07) is 9.31. The first-order valence-electron chi connectivity index (χ1n) is 8.64. The van der Waals surface area contributed by atoms with Crippen molar-refractivity contribution in [3.8, 4) is 5.75 Å². The molecule has 7 nitrogen and oxygen atoms in total. The van der Waals surface area contributed by atoms with Crippen LogP contribution in [0.25, 0.3) is 0 Å². The summed E-state index contributed by atoms with van der Waals surface area (Å²) < 4.78 is 47.0. The number of carbonyl (C=O) groups is 1. The lowest BCUT2D eigenvalue weighted by atomic mass is 9.95. The van der Waals surface area contributed by atoms with Crippen LogP contribution in [-0.2, 0) is 14.8 Å². The van der Waals surface area contributed by atoms with Crippen LogP contribution in [0.15, 0.2) is 47.4 Å². The lowest BCUT2D eigenvalue weighted by Crippen LogP contribution is -2.60. The summed E-state index contributed by atoms with van der Waals surface area (Å²) in [5, 5.41) is 2.79. The highest BCUT2D eigenvalue weighted by Crippen LogP contribution is 2.40. The Kier molecular flexibility index (Phi) is 4.97. The molecule has 1 heterocycles. The molecule has 2 aromatic rings. The molecule has 0 saturated carbocycles. The zero-order chi connectivity index (χ0) is 20.7. The summed E-state index contributed by atoms with van der Waals surface area (Å²) >= 11 is 0. The highest BCUT2D eigenvalue weighted by Gasteiger charge is 2.42. The molecule has 0 fully saturated rings. The number of nitrogen functional groups attached to an aromatic ring is 1. The monoisotopic (exact) mass is 407 g/mol. The number of nitrogens with two attached hydrogens (primary N) is 1. The molecule has 0 bridgehead atoms. The van der Waals surface area contributed by atoms with Crippen LogP contribution in [0.5, 0.6) is 5.75 Å². The fourth-order valence-electron chi connectivity index (χ4n) is 3.14. The third kappa shape index (κ3) is 3.75. The minimum absolute atomic E-state index is 0.0521. The molecule has 1 atom stereocenters. The van der Waals surface area contributed by atoms with E-state index in [4.69, 9.17) is 10.5 Å². The van der Waals surface area contributed by atoms with Crippen LogP contribution in [0.4, 0.5) is 15.8 Å². The van der Waals surface area contributed by atoms with Gasteiger partial charge in [0.25, 0.3) is 10.0 Å². The van der Waals surface area contributed by atoms with Gasteiger partial charge in [-0.2, -0.15) is 0 Å². The van der Waals surface area contributed by atoms with Gasteiger partial charge in [-0.3, -0.25) is 9.10 Å². The Morgan fingerprint density at radius 1 is 1.25 bits per heavy atom. The van der Waals surface area contributed by atoms with E-state index in [1.54, 1.807) is 26.0 Å². The van der Waals surface area contributed by atoms with Gasteiger partial charge in [0, 0.05) is 12.6 Å². The number of rotatable bonds is 4. The third-order valence-electron chi connectivity index (χ3n) is 4.56. The molecule has 2 aromatic carbocycles. The predicted octanol–water partition coefficient (Wildman–Crippen LogP) is 2.28. The number of halogens is 1. The van der Waals surface area contributed by atoms with Crippen LogP contribution < -0.4 is 20.1 Å². The average molecular weight is 407 g/mol. The SMILES string of the molecule is CC(=O)NC(C)(C)[C@H]1CN(S(=O)(=O)c2ccc(F)cc2)c2cc(N)ccc2O1. The maximum atomic E-state index is 13.3. The average Bonchev–Trinajstić information content (AvgIpc) is 2.60. The van der Waals surface area contributed by atoms with E-state index < -0.39 is 27.5 Å². The molecule has 0 aromatic heterocycles. The number of carbonyl (C=O) groups excluding carboxylic acids is 1. The zero-order valence-electron chi connectivity index (χ0n) is 15.8. The van der Waals surface area contributed by atoms with Crippen molar-refractivity contribution in [1.29, 1.82) is 0 Å². The Morgan fingerprint density at radius 3 is 2.50 bits per heavy atom. The van der Waals surface area contributed by atoms with Gasteiger partial charge in [-0.1, -0.05) is 0 Å². The van der Waals surface area contributed by atoms with E-state index in [-0.39, 0.29) is 17.3 Å². The van der Waals surface area contributed by atoms with Crippen molar-refractivity contribution in [2.24, 2.45) is 0 Å². The Hall–Kier alpha value is -2.81. The molecule has 3 N–H and O–H groups in total. The van der Waals surface area contributed by atoms with Crippen LogP contribution in [0.2, 0.25) is 0 Å². The first kappa shape index (κ1) is 19.9. The normalized spacial score (nSPS) is 16.9. The Morgan fingerprint density at radius 2 is 1.89 bits per heavy atom. The minimum Gasteiger partial charge on any atom is -0.484 e. The van der Waals surface area contributed by atoms with Crippen LogP contribution in [-0.4, -0.2) is 32.5 Å². The number of amides is 1. The van der Waals surface area contributed by atoms with Crippen molar-refractivity contribution in [2.75, 3.05) is 16.6 Å². The fourth-order valence-corrected chi connectivity index (χ4v) is 4.61. The van der Waals surface area contributed by atoms with E-state index in [1.807, 2.05) is 0 Å². The fraction of sp³-hybridized carbons (Fsp3) is 0.316. The maximum Gasteiger partial charge on any atom is 0.264 e. The van der Waals surface area contributed by atoms with Crippen molar-refractivity contribution >= 4 is 27.3 Å². The lowest BCUT2D eigenvalue weighted by Gasteiger charge is -2.42. The number of nitrogens with one attached hydrogen (secondary N) is 1. The summed E-state index contributed by atoms with van der Waals surface area (Å²) in [5.74, 6) is -0.463. The number of anilines is 2. The maximum absolute atomic E-state index is 13.3. The molecule has 9 heteroatoms. The Balaban J connectivity index is 2.09. The zero-order valence-corrected chi connectivity index (χ0v) is 16.6. The van der Waals surface area contributed by atoms with Gasteiger partial charge in [-0.25, -0.2) is 12.8 Å². The summed E-state index contributed by atoms with van der Waals surface area (Å²) in [4.78, 5) is 11.5. The highest BCUT2D eigenvalue weighted by molar-refractivity contribution is 7.92. The van der Waals surface area contributed by atoms with Gasteiger partial charge in [0.1, 0.15) is 17.7 Å². The molecule has 1 aliphatic heterocycles. The van der Waals surface area contributed by atoms with E-state index in [0.717, 1.165) is 12.1 Å². The number of hydrogen-bond acceptors (Lipinski definition) is 5. The van der Waals surface area contributed by atoms with Gasteiger partial charge in [0.2, 0.25) is 5.91 Å². The third-order valence-corrected chi connectivity index (χ3v) is 6.35. The number of sulfonamides is 1. The quantitative estimate of drug-likeness (QED) is 0.757. The molecular formula is C19H22FN3O4S. The number of ether oxygens (including phenoxy) is 1. The summed E-state index contributed by atoms with van der Waals surface area (Å²) in [6.45, 7) is 4.84. The Bertz CT molecular complexity index is 1010. The topological polar surface area (TPSA) is 102 Å². The second-order valence-electron chi connectivity index (χ2n) is 7.23. The van der Waals surface area contributed by atoms with E-state index in [2.05, 4.69) is 5.32 Å². The molecule has 0 unspecified atom stereocenters. The van der Waals surface area contributed by atoms with Gasteiger partial charge < -0.3 is 15.8 Å². The van der Waals surface area contributed by atoms with E-state index in [0.29, 0.717) is 17.1 Å². The van der Waals surface area contributed by atoms with Gasteiger partial charge in [0.05, 0.1) is 22.7 Å². The molecule has 1 amide bonds. The van der Waals surface area contributed by atoms with Crippen LogP contribution in [0.1, 0.15) is 20.8 Å². The van der Waals surface area contributed by atoms with Crippen LogP contribution in [0.3, 0.4) is 0 Å². The number of hydrogen-bond donors (Lipinski definition) is 2. The van der Waals surface area contributed by atoms with E-state index in [9.17, 15) is 17.6 Å². The van der Waals surface area contributed by atoms with Gasteiger partial charge in [-0.05, 0) is 56.3 Å². The molecule has 150 valence electrons. The molecule has 0 saturated heterocycles. The number of fused-ring (bicyclic) bond motifs is 1. The molecular weight excluding hydrogens is 385 g/mol. The molecule has 1 aliphatic rings. The second kappa shape index (κ2) is 6.97.